The van der Waals surface area contributed by atoms with E-state index in [-0.39, 0.29) is 10.4 Å². The molecule has 6 heteroatoms. The fourth-order valence-corrected chi connectivity index (χ4v) is 2.42. The number of aromatic nitrogens is 2. The van der Waals surface area contributed by atoms with E-state index >= 15 is 0 Å². The second-order valence-electron chi connectivity index (χ2n) is 6.04. The Balaban J connectivity index is 3.29. The molecule has 0 aliphatic carbocycles. The van der Waals surface area contributed by atoms with Crippen LogP contribution in [0.15, 0.2) is 4.79 Å². The van der Waals surface area contributed by atoms with Gasteiger partial charge in [0.25, 0.3) is 0 Å². The molecule has 0 bridgehead atoms. The van der Waals surface area contributed by atoms with E-state index in [0.717, 1.165) is 11.3 Å². The second-order valence-corrected chi connectivity index (χ2v) is 7.55. The van der Waals surface area contributed by atoms with Crippen LogP contribution in [0.25, 0.3) is 0 Å². The largest absolute Gasteiger partial charge is 0.481 e. The van der Waals surface area contributed by atoms with Gasteiger partial charge in [0, 0.05) is 22.7 Å². The molecule has 1 aromatic heterocycles. The van der Waals surface area contributed by atoms with Crippen LogP contribution in [0, 0.1) is 19.8 Å². The van der Waals surface area contributed by atoms with Crippen LogP contribution in [0.5, 0.6) is 0 Å². The van der Waals surface area contributed by atoms with Crippen molar-refractivity contribution in [3.05, 3.63) is 27.4 Å². The number of hydrogen-bond acceptors (Lipinski definition) is 4. The quantitative estimate of drug-likeness (QED) is 0.872. The SMILES string of the molecule is CSC(C)(C)Cn1c(C)c(CC(C)C(=O)O)c(C)nc1=O. The summed E-state index contributed by atoms with van der Waals surface area (Å²) in [4.78, 5) is 27.3. The number of carbonyl (C=O) groups is 1. The van der Waals surface area contributed by atoms with E-state index in [4.69, 9.17) is 5.11 Å². The van der Waals surface area contributed by atoms with Crippen molar-refractivity contribution in [2.45, 2.75) is 52.3 Å². The molecule has 1 atom stereocenters. The molecule has 21 heavy (non-hydrogen) atoms. The molecule has 0 aromatic carbocycles. The predicted molar refractivity (Wildman–Crippen MR) is 86.1 cm³/mol. The molecule has 1 rings (SSSR count). The normalized spacial score (nSPS) is 13.2. The molecule has 0 saturated heterocycles. The summed E-state index contributed by atoms with van der Waals surface area (Å²) in [7, 11) is 0. The number of hydrogen-bond donors (Lipinski definition) is 1. The highest BCUT2D eigenvalue weighted by atomic mass is 32.2. The summed E-state index contributed by atoms with van der Waals surface area (Å²) in [5.74, 6) is -1.33. The Hall–Kier alpha value is -1.30. The number of carboxylic acid groups (broad SMARTS) is 1. The van der Waals surface area contributed by atoms with E-state index in [9.17, 15) is 9.59 Å². The van der Waals surface area contributed by atoms with Crippen molar-refractivity contribution in [2.24, 2.45) is 5.92 Å². The van der Waals surface area contributed by atoms with Crippen molar-refractivity contribution in [2.75, 3.05) is 6.26 Å². The van der Waals surface area contributed by atoms with Gasteiger partial charge in [-0.25, -0.2) is 4.79 Å². The molecule has 0 amide bonds. The molecule has 118 valence electrons. The van der Waals surface area contributed by atoms with Crippen LogP contribution < -0.4 is 5.69 Å². The van der Waals surface area contributed by atoms with Crippen molar-refractivity contribution >= 4 is 17.7 Å². The summed E-state index contributed by atoms with van der Waals surface area (Å²) < 4.78 is 1.58. The Labute approximate surface area is 129 Å². The smallest absolute Gasteiger partial charge is 0.348 e. The zero-order valence-electron chi connectivity index (χ0n) is 13.6. The van der Waals surface area contributed by atoms with Gasteiger partial charge >= 0.3 is 11.7 Å². The van der Waals surface area contributed by atoms with Gasteiger partial charge in [0.05, 0.1) is 5.92 Å². The van der Waals surface area contributed by atoms with Gasteiger partial charge in [0.2, 0.25) is 0 Å². The molecule has 0 saturated carbocycles. The zero-order chi connectivity index (χ0) is 16.4. The molecule has 1 unspecified atom stereocenters. The lowest BCUT2D eigenvalue weighted by atomic mass is 9.98. The highest BCUT2D eigenvalue weighted by Gasteiger charge is 2.22. The first-order valence-corrected chi connectivity index (χ1v) is 8.16. The fraction of sp³-hybridized carbons (Fsp3) is 0.667. The third kappa shape index (κ3) is 4.33. The summed E-state index contributed by atoms with van der Waals surface area (Å²) in [6.45, 7) is 10.0. The van der Waals surface area contributed by atoms with Gasteiger partial charge < -0.3 is 5.11 Å². The van der Waals surface area contributed by atoms with Crippen molar-refractivity contribution in [3.8, 4) is 0 Å². The molecule has 0 aliphatic heterocycles. The van der Waals surface area contributed by atoms with Gasteiger partial charge in [0.15, 0.2) is 0 Å². The van der Waals surface area contributed by atoms with Crippen molar-refractivity contribution in [1.82, 2.24) is 9.55 Å². The van der Waals surface area contributed by atoms with Gasteiger partial charge in [0.1, 0.15) is 0 Å². The summed E-state index contributed by atoms with van der Waals surface area (Å²) in [6, 6.07) is 0. The molecule has 0 radical (unpaired) electrons. The van der Waals surface area contributed by atoms with Crippen molar-refractivity contribution in [3.63, 3.8) is 0 Å². The summed E-state index contributed by atoms with van der Waals surface area (Å²) in [5, 5.41) is 9.08. The molecule has 0 fully saturated rings. The lowest BCUT2D eigenvalue weighted by Gasteiger charge is -2.25. The van der Waals surface area contributed by atoms with Crippen LogP contribution in [0.1, 0.15) is 37.7 Å². The number of rotatable bonds is 6. The molecule has 0 aliphatic rings. The second kappa shape index (κ2) is 6.64. The first-order chi connectivity index (χ1) is 9.59. The van der Waals surface area contributed by atoms with E-state index in [1.807, 2.05) is 13.2 Å². The third-order valence-electron chi connectivity index (χ3n) is 3.80. The molecular weight excluding hydrogens is 288 g/mol. The van der Waals surface area contributed by atoms with Crippen LogP contribution in [0.4, 0.5) is 0 Å². The standard InChI is InChI=1S/C15H24N2O3S/c1-9(13(18)19)7-12-10(2)16-14(20)17(11(12)3)8-15(4,5)21-6/h9H,7-8H2,1-6H3,(H,18,19). The number of nitrogens with zero attached hydrogens (tertiary/aromatic N) is 2. The average molecular weight is 312 g/mol. The van der Waals surface area contributed by atoms with E-state index < -0.39 is 11.9 Å². The summed E-state index contributed by atoms with van der Waals surface area (Å²) in [6.07, 6.45) is 2.40. The number of carboxylic acids is 1. The Morgan fingerprint density at radius 1 is 1.43 bits per heavy atom. The first-order valence-electron chi connectivity index (χ1n) is 6.94. The molecule has 1 aromatic rings. The monoisotopic (exact) mass is 312 g/mol. The molecule has 1 N–H and O–H groups in total. The van der Waals surface area contributed by atoms with E-state index in [2.05, 4.69) is 18.8 Å². The summed E-state index contributed by atoms with van der Waals surface area (Å²) >= 11 is 1.69. The van der Waals surface area contributed by atoms with Gasteiger partial charge in [-0.2, -0.15) is 16.7 Å². The third-order valence-corrected chi connectivity index (χ3v) is 5.03. The highest BCUT2D eigenvalue weighted by molar-refractivity contribution is 7.99. The topological polar surface area (TPSA) is 72.2 Å². The Bertz CT molecular complexity index is 593. The van der Waals surface area contributed by atoms with Crippen LogP contribution in [0.3, 0.4) is 0 Å². The lowest BCUT2D eigenvalue weighted by Crippen LogP contribution is -2.35. The van der Waals surface area contributed by atoms with Gasteiger partial charge in [-0.05, 0) is 45.9 Å². The van der Waals surface area contributed by atoms with Gasteiger partial charge in [-0.1, -0.05) is 6.92 Å². The van der Waals surface area contributed by atoms with Gasteiger partial charge in [-0.3, -0.25) is 9.36 Å². The Kier molecular flexibility index (Phi) is 5.61. The van der Waals surface area contributed by atoms with E-state index in [1.165, 1.54) is 0 Å². The van der Waals surface area contributed by atoms with Gasteiger partial charge in [-0.15, -0.1) is 0 Å². The molecule has 5 nitrogen and oxygen atoms in total. The van der Waals surface area contributed by atoms with Crippen LogP contribution in [-0.2, 0) is 17.8 Å². The predicted octanol–water partition coefficient (Wildman–Crippen LogP) is 2.26. The highest BCUT2D eigenvalue weighted by Crippen LogP contribution is 2.24. The van der Waals surface area contributed by atoms with Crippen LogP contribution in [0.2, 0.25) is 0 Å². The first kappa shape index (κ1) is 17.8. The fourth-order valence-electron chi connectivity index (χ4n) is 2.16. The average Bonchev–Trinajstić information content (AvgIpc) is 2.39. The van der Waals surface area contributed by atoms with E-state index in [0.29, 0.717) is 18.7 Å². The van der Waals surface area contributed by atoms with Crippen molar-refractivity contribution < 1.29 is 9.90 Å². The minimum absolute atomic E-state index is 0.0821. The maximum atomic E-state index is 12.2. The maximum absolute atomic E-state index is 12.2. The van der Waals surface area contributed by atoms with Crippen LogP contribution >= 0.6 is 11.8 Å². The molecule has 1 heterocycles. The minimum atomic E-state index is -0.837. The van der Waals surface area contributed by atoms with Crippen molar-refractivity contribution in [1.29, 1.82) is 0 Å². The lowest BCUT2D eigenvalue weighted by molar-refractivity contribution is -0.141. The van der Waals surface area contributed by atoms with Crippen LogP contribution in [-0.4, -0.2) is 31.6 Å². The zero-order valence-corrected chi connectivity index (χ0v) is 14.4. The maximum Gasteiger partial charge on any atom is 0.348 e. The Morgan fingerprint density at radius 2 is 2.00 bits per heavy atom. The van der Waals surface area contributed by atoms with E-state index in [1.54, 1.807) is 30.2 Å². The number of aryl methyl sites for hydroxylation is 1. The number of aliphatic carboxylic acids is 1. The molecular formula is C15H24N2O3S. The minimum Gasteiger partial charge on any atom is -0.481 e. The molecule has 0 spiro atoms. The summed E-state index contributed by atoms with van der Waals surface area (Å²) in [5.41, 5.74) is 2.05. The number of thioether (sulfide) groups is 1. The Morgan fingerprint density at radius 3 is 2.48 bits per heavy atom.